The lowest BCUT2D eigenvalue weighted by molar-refractivity contribution is -0.399. The summed E-state index contributed by atoms with van der Waals surface area (Å²) in [6.07, 6.45) is -6.86. The molecule has 5 aromatic heterocycles. The molecular formula is C46H49ClF18N12O5S2. The molecular weight excluding hydrogens is 1240 g/mol. The molecule has 5 rings (SSSR count). The molecule has 0 fully saturated rings. The van der Waals surface area contributed by atoms with Gasteiger partial charge in [0.25, 0.3) is 0 Å². The maximum atomic E-state index is 14.2. The molecule has 0 spiro atoms. The maximum Gasteiger partial charge on any atom is 0.460 e. The molecule has 0 aliphatic carbocycles. The first-order valence-corrected chi connectivity index (χ1v) is 26.4. The number of amidine groups is 1. The van der Waals surface area contributed by atoms with Crippen molar-refractivity contribution in [1.82, 2.24) is 49.7 Å². The molecule has 0 unspecified atom stereocenters. The van der Waals surface area contributed by atoms with Crippen molar-refractivity contribution in [2.24, 2.45) is 5.73 Å². The van der Waals surface area contributed by atoms with Crippen LogP contribution in [0.1, 0.15) is 62.1 Å². The lowest BCUT2D eigenvalue weighted by atomic mass is 9.97. The summed E-state index contributed by atoms with van der Waals surface area (Å²) in [4.78, 5) is 43.9. The number of nitrogens with zero attached hydrogens (tertiary/aromatic N) is 10. The fourth-order valence-electron chi connectivity index (χ4n) is 5.91. The molecule has 0 bridgehead atoms. The normalized spacial score (nSPS) is 13.0. The lowest BCUT2D eigenvalue weighted by Crippen LogP contribution is -2.59. The molecule has 0 aromatic carbocycles. The van der Waals surface area contributed by atoms with Crippen LogP contribution in [0.2, 0.25) is 0 Å². The summed E-state index contributed by atoms with van der Waals surface area (Å²) >= 11 is 0. The fraction of sp³-hybridized carbons (Fsp3) is 0.435. The van der Waals surface area contributed by atoms with E-state index in [9.17, 15) is 101 Å². The SMILES string of the molecule is CCN(CC)CC.CCS(=O)(=O)C(=CN(C)C)C(=O)c1ccc(C(F)(F)C(F)(F)C(F)(F)C(F)(F)F)cn1.CCS(=O)(=O)c1cnc(-c2ncccn2)nc1-c1ccc(C(F)(F)C(F)(F)C(F)(F)C(F)(F)F)cn1.Cl.N=C(N)c1ncccn1. The van der Waals surface area contributed by atoms with Gasteiger partial charge in [0.1, 0.15) is 21.2 Å². The van der Waals surface area contributed by atoms with E-state index in [1.807, 2.05) is 0 Å². The van der Waals surface area contributed by atoms with Crippen LogP contribution < -0.4 is 5.73 Å². The van der Waals surface area contributed by atoms with E-state index in [1.165, 1.54) is 66.0 Å². The Hall–Kier alpha value is -6.89. The lowest BCUT2D eigenvalue weighted by Gasteiger charge is -2.33. The Morgan fingerprint density at radius 1 is 0.571 bits per heavy atom. The molecule has 0 saturated heterocycles. The number of nitrogen functional groups attached to an aromatic ring is 1. The summed E-state index contributed by atoms with van der Waals surface area (Å²) in [5.74, 6) is -42.5. The van der Waals surface area contributed by atoms with E-state index in [0.717, 1.165) is 17.3 Å². The molecule has 0 amide bonds. The van der Waals surface area contributed by atoms with E-state index >= 15 is 0 Å². The maximum absolute atomic E-state index is 14.2. The average Bonchev–Trinajstić information content (AvgIpc) is 1.15. The average molecular weight is 1290 g/mol. The number of sulfone groups is 2. The van der Waals surface area contributed by atoms with Crippen molar-refractivity contribution in [3.63, 3.8) is 0 Å². The van der Waals surface area contributed by atoms with Gasteiger partial charge in [0.05, 0.1) is 23.4 Å². The fourth-order valence-corrected chi connectivity index (χ4v) is 7.95. The molecule has 3 N–H and O–H groups in total. The summed E-state index contributed by atoms with van der Waals surface area (Å²) in [5, 5.41) is 6.89. The quantitative estimate of drug-likeness (QED) is 0.0257. The van der Waals surface area contributed by atoms with E-state index in [0.29, 0.717) is 12.1 Å². The highest BCUT2D eigenvalue weighted by Gasteiger charge is 2.83. The van der Waals surface area contributed by atoms with Gasteiger partial charge in [-0.15, -0.1) is 12.4 Å². The second-order valence-corrected chi connectivity index (χ2v) is 21.0. The Balaban J connectivity index is 0.000000661. The van der Waals surface area contributed by atoms with Gasteiger partial charge < -0.3 is 15.5 Å². The highest BCUT2D eigenvalue weighted by atomic mass is 35.5. The predicted molar refractivity (Wildman–Crippen MR) is 267 cm³/mol. The minimum Gasteiger partial charge on any atom is -0.382 e. The van der Waals surface area contributed by atoms with E-state index in [1.54, 1.807) is 18.5 Å². The van der Waals surface area contributed by atoms with Gasteiger partial charge in [0, 0.05) is 68.6 Å². The Kier molecular flexibility index (Phi) is 25.8. The van der Waals surface area contributed by atoms with Crippen LogP contribution in [0.3, 0.4) is 0 Å². The van der Waals surface area contributed by atoms with Gasteiger partial charge in [-0.3, -0.25) is 20.2 Å². The first-order valence-electron chi connectivity index (χ1n) is 23.1. The van der Waals surface area contributed by atoms with E-state index < -0.39 is 123 Å². The van der Waals surface area contributed by atoms with Crippen LogP contribution >= 0.6 is 12.4 Å². The molecule has 0 saturated carbocycles. The first kappa shape index (κ1) is 75.1. The van der Waals surface area contributed by atoms with Gasteiger partial charge in [-0.25, -0.2) is 46.7 Å². The molecule has 0 aliphatic rings. The summed E-state index contributed by atoms with van der Waals surface area (Å²) in [7, 11) is -5.54. The number of pyridine rings is 2. The second kappa shape index (κ2) is 28.8. The summed E-state index contributed by atoms with van der Waals surface area (Å²) in [6.45, 7) is 12.6. The third kappa shape index (κ3) is 16.9. The number of rotatable bonds is 19. The number of allylic oxidation sites excluding steroid dienone is 1. The van der Waals surface area contributed by atoms with Crippen LogP contribution in [0, 0.1) is 5.41 Å². The van der Waals surface area contributed by atoms with Gasteiger partial charge in [-0.1, -0.05) is 34.6 Å². The van der Waals surface area contributed by atoms with E-state index in [4.69, 9.17) is 11.1 Å². The highest BCUT2D eigenvalue weighted by Crippen LogP contribution is 2.58. The van der Waals surface area contributed by atoms with Crippen LogP contribution in [0.15, 0.2) is 95.8 Å². The summed E-state index contributed by atoms with van der Waals surface area (Å²) < 4.78 is 286. The molecule has 0 radical (unpaired) electrons. The van der Waals surface area contributed by atoms with Crippen molar-refractivity contribution in [2.75, 3.05) is 45.2 Å². The third-order valence-electron chi connectivity index (χ3n) is 10.7. The Morgan fingerprint density at radius 2 is 1.00 bits per heavy atom. The first-order chi connectivity index (χ1) is 37.9. The van der Waals surface area contributed by atoms with Crippen LogP contribution in [0.4, 0.5) is 79.0 Å². The number of halogens is 19. The van der Waals surface area contributed by atoms with Crippen LogP contribution in [0.25, 0.3) is 23.0 Å². The van der Waals surface area contributed by atoms with Crippen molar-refractivity contribution >= 4 is 43.7 Å². The third-order valence-corrected chi connectivity index (χ3v) is 14.2. The number of hydrogen-bond acceptors (Lipinski definition) is 16. The van der Waals surface area contributed by atoms with Crippen molar-refractivity contribution < 1.29 is 101 Å². The van der Waals surface area contributed by atoms with Crippen LogP contribution in [0.5, 0.6) is 0 Å². The topological polar surface area (TPSA) is 245 Å². The monoisotopic (exact) mass is 1290 g/mol. The molecule has 84 heavy (non-hydrogen) atoms. The van der Waals surface area contributed by atoms with Crippen LogP contribution in [-0.2, 0) is 31.5 Å². The number of hydrogen-bond donors (Lipinski definition) is 2. The molecule has 0 atom stereocenters. The Labute approximate surface area is 473 Å². The number of ketones is 1. The number of carbonyl (C=O) groups excluding carboxylic acids is 1. The van der Waals surface area contributed by atoms with Gasteiger partial charge in [0.2, 0.25) is 5.78 Å². The van der Waals surface area contributed by atoms with Gasteiger partial charge >= 0.3 is 47.9 Å². The molecule has 17 nitrogen and oxygen atoms in total. The smallest absolute Gasteiger partial charge is 0.382 e. The number of Topliss-reactive ketones (excluding diaryl/α,β-unsaturated/α-hetero) is 1. The minimum absolute atomic E-state index is 0. The Bertz CT molecular complexity index is 3220. The standard InChI is InChI=1S/C19H12F9N5O2S.C16H15F9N2O3S.C6H15N.C5H6N4.ClH/c1-2-36(34,35)12-9-32-15(14-29-6-3-7-30-14)33-13(12)11-5-4-10(8-31-11)16(20,21)17(22,23)18(24,25)19(26,27)28;1-4-31(29,30)11(8-27(2)3)12(28)10-6-5-9(7-26-10)13(17,18)14(19,20)15(21,22)16(23,24)25;1-4-7(5-2)6-3;6-4(7)5-8-2-1-3-9-5;/h3-9H,2H2,1H3;5-8H,4H2,1-3H3;4-6H2,1-3H3;1-3H,(H3,6,7);1H. The van der Waals surface area contributed by atoms with Gasteiger partial charge in [-0.2, -0.15) is 79.0 Å². The van der Waals surface area contributed by atoms with Crippen molar-refractivity contribution in [3.8, 4) is 23.0 Å². The molecule has 5 heterocycles. The zero-order chi connectivity index (χ0) is 64.2. The number of carbonyl (C=O) groups is 1. The molecule has 38 heteroatoms. The number of alkyl halides is 18. The number of nitrogens with one attached hydrogen (secondary N) is 1. The highest BCUT2D eigenvalue weighted by molar-refractivity contribution is 7.96. The minimum atomic E-state index is -7.09. The molecule has 5 aromatic rings. The van der Waals surface area contributed by atoms with Gasteiger partial charge in [0.15, 0.2) is 43.0 Å². The second-order valence-electron chi connectivity index (χ2n) is 16.5. The predicted octanol–water partition coefficient (Wildman–Crippen LogP) is 10.3. The number of nitrogens with two attached hydrogens (primary N) is 1. The summed E-state index contributed by atoms with van der Waals surface area (Å²) in [6, 6.07) is 4.02. The summed E-state index contributed by atoms with van der Waals surface area (Å²) in [5.41, 5.74) is -0.836. The zero-order valence-corrected chi connectivity index (χ0v) is 46.7. The van der Waals surface area contributed by atoms with Crippen molar-refractivity contribution in [2.45, 2.75) is 87.4 Å². The molecule has 468 valence electrons. The molecule has 0 aliphatic heterocycles. The number of aromatic nitrogens is 8. The zero-order valence-electron chi connectivity index (χ0n) is 44.2. The van der Waals surface area contributed by atoms with Crippen LogP contribution in [-0.4, -0.2) is 159 Å². The van der Waals surface area contributed by atoms with Crippen molar-refractivity contribution in [3.05, 3.63) is 114 Å². The van der Waals surface area contributed by atoms with Crippen molar-refractivity contribution in [1.29, 1.82) is 5.41 Å². The van der Waals surface area contributed by atoms with Gasteiger partial charge in [-0.05, 0) is 56.0 Å². The largest absolute Gasteiger partial charge is 0.460 e. The Morgan fingerprint density at radius 3 is 1.32 bits per heavy atom. The van der Waals surface area contributed by atoms with E-state index in [2.05, 4.69) is 65.5 Å². The van der Waals surface area contributed by atoms with E-state index in [-0.39, 0.29) is 60.2 Å².